The normalized spacial score (nSPS) is 13.8. The zero-order chi connectivity index (χ0) is 20.5. The highest BCUT2D eigenvalue weighted by Gasteiger charge is 2.36. The molecule has 0 amide bonds. The first-order valence-corrected chi connectivity index (χ1v) is 8.33. The van der Waals surface area contributed by atoms with Crippen molar-refractivity contribution in [3.63, 3.8) is 0 Å². The second kappa shape index (κ2) is 7.45. The molecule has 4 N–H and O–H groups in total. The van der Waals surface area contributed by atoms with E-state index in [0.717, 1.165) is 0 Å². The third-order valence-electron chi connectivity index (χ3n) is 4.43. The van der Waals surface area contributed by atoms with Crippen molar-refractivity contribution in [3.8, 4) is 34.5 Å². The highest BCUT2D eigenvalue weighted by atomic mass is 16.7. The van der Waals surface area contributed by atoms with Crippen LogP contribution in [0.25, 0.3) is 0 Å². The first-order chi connectivity index (χ1) is 13.2. The Morgan fingerprint density at radius 2 is 1.54 bits per heavy atom. The second-order valence-electron chi connectivity index (χ2n) is 6.64. The summed E-state index contributed by atoms with van der Waals surface area (Å²) in [6, 6.07) is 5.85. The van der Waals surface area contributed by atoms with Crippen LogP contribution in [0.3, 0.4) is 0 Å². The van der Waals surface area contributed by atoms with E-state index in [0.29, 0.717) is 22.6 Å². The molecule has 9 nitrogen and oxygen atoms in total. The van der Waals surface area contributed by atoms with E-state index in [4.69, 9.17) is 29.2 Å². The smallest absolute Gasteiger partial charge is 0.341 e. The Morgan fingerprint density at radius 3 is 2.04 bits per heavy atom. The maximum absolute atomic E-state index is 10.7. The molecule has 0 aromatic heterocycles. The summed E-state index contributed by atoms with van der Waals surface area (Å²) >= 11 is 0. The number of carbonyl (C=O) groups is 1. The van der Waals surface area contributed by atoms with Crippen molar-refractivity contribution in [2.45, 2.75) is 19.3 Å². The number of aliphatic hydroxyl groups is 1. The van der Waals surface area contributed by atoms with Gasteiger partial charge in [-0.2, -0.15) is 0 Å². The van der Waals surface area contributed by atoms with E-state index < -0.39 is 24.8 Å². The first-order valence-electron chi connectivity index (χ1n) is 8.33. The van der Waals surface area contributed by atoms with Gasteiger partial charge < -0.3 is 39.4 Å². The van der Waals surface area contributed by atoms with Crippen LogP contribution in [0.1, 0.15) is 25.0 Å². The molecule has 0 atom stereocenters. The Kier molecular flexibility index (Phi) is 5.21. The standard InChI is InChI=1S/C19H20O9/c1-19(2)10-3-12(21)16(26-7-18(23)24)5-14(10)28-15-6-17(27-9-25-8-20)13(22)4-11(15)19/h3-6,20-22H,7-9H2,1-2H3,(H,23,24). The number of ether oxygens (including phenoxy) is 4. The van der Waals surface area contributed by atoms with Gasteiger partial charge in [0.2, 0.25) is 0 Å². The van der Waals surface area contributed by atoms with Crippen LogP contribution >= 0.6 is 0 Å². The van der Waals surface area contributed by atoms with Gasteiger partial charge >= 0.3 is 5.97 Å². The summed E-state index contributed by atoms with van der Waals surface area (Å²) in [6.07, 6.45) is 0. The summed E-state index contributed by atoms with van der Waals surface area (Å²) in [6.45, 7) is 2.39. The third-order valence-corrected chi connectivity index (χ3v) is 4.43. The van der Waals surface area contributed by atoms with Gasteiger partial charge in [0.05, 0.1) is 0 Å². The number of aromatic hydroxyl groups is 2. The number of benzene rings is 2. The fourth-order valence-corrected chi connectivity index (χ4v) is 3.02. The van der Waals surface area contributed by atoms with Crippen molar-refractivity contribution in [2.24, 2.45) is 0 Å². The SMILES string of the molecule is CC1(C)c2cc(O)c(OCOCO)cc2Oc2cc(OCC(=O)O)c(O)cc21. The van der Waals surface area contributed by atoms with Gasteiger partial charge in [-0.25, -0.2) is 4.79 Å². The Bertz CT molecular complexity index is 905. The number of hydrogen-bond donors (Lipinski definition) is 4. The summed E-state index contributed by atoms with van der Waals surface area (Å²) in [5.41, 5.74) is 0.645. The molecule has 0 spiro atoms. The van der Waals surface area contributed by atoms with Crippen molar-refractivity contribution in [1.29, 1.82) is 0 Å². The Morgan fingerprint density at radius 1 is 1.00 bits per heavy atom. The number of phenolic OH excluding ortho intramolecular Hbond substituents is 2. The number of carboxylic acids is 1. The summed E-state index contributed by atoms with van der Waals surface area (Å²) in [5, 5.41) is 37.9. The minimum atomic E-state index is -1.17. The predicted molar refractivity (Wildman–Crippen MR) is 95.2 cm³/mol. The van der Waals surface area contributed by atoms with Crippen LogP contribution in [0, 0.1) is 0 Å². The zero-order valence-electron chi connectivity index (χ0n) is 15.3. The number of phenols is 2. The Hall–Kier alpha value is -3.17. The zero-order valence-corrected chi connectivity index (χ0v) is 15.3. The van der Waals surface area contributed by atoms with E-state index in [2.05, 4.69) is 0 Å². The fourth-order valence-electron chi connectivity index (χ4n) is 3.02. The highest BCUT2D eigenvalue weighted by Crippen LogP contribution is 2.53. The Balaban J connectivity index is 1.99. The maximum Gasteiger partial charge on any atom is 0.341 e. The molecule has 1 aliphatic heterocycles. The van der Waals surface area contributed by atoms with Crippen molar-refractivity contribution < 1.29 is 44.2 Å². The van der Waals surface area contributed by atoms with Crippen molar-refractivity contribution in [1.82, 2.24) is 0 Å². The van der Waals surface area contributed by atoms with Crippen LogP contribution in [-0.2, 0) is 14.9 Å². The van der Waals surface area contributed by atoms with E-state index in [9.17, 15) is 15.0 Å². The molecule has 0 saturated carbocycles. The van der Waals surface area contributed by atoms with Gasteiger partial charge in [-0.1, -0.05) is 13.8 Å². The van der Waals surface area contributed by atoms with Crippen molar-refractivity contribution >= 4 is 5.97 Å². The molecular weight excluding hydrogens is 372 g/mol. The minimum absolute atomic E-state index is 0.0213. The fraction of sp³-hybridized carbons (Fsp3) is 0.316. The Labute approximate surface area is 160 Å². The van der Waals surface area contributed by atoms with E-state index in [1.54, 1.807) is 0 Å². The number of hydrogen-bond acceptors (Lipinski definition) is 8. The lowest BCUT2D eigenvalue weighted by atomic mass is 9.75. The maximum atomic E-state index is 10.7. The van der Waals surface area contributed by atoms with E-state index in [1.807, 2.05) is 13.8 Å². The van der Waals surface area contributed by atoms with Crippen molar-refractivity contribution in [2.75, 3.05) is 20.2 Å². The molecule has 28 heavy (non-hydrogen) atoms. The topological polar surface area (TPSA) is 135 Å². The van der Waals surface area contributed by atoms with Gasteiger partial charge in [-0.05, 0) is 12.1 Å². The lowest BCUT2D eigenvalue weighted by molar-refractivity contribution is -0.139. The summed E-state index contributed by atoms with van der Waals surface area (Å²) < 4.78 is 21.0. The first kappa shape index (κ1) is 19.6. The molecule has 0 fully saturated rings. The van der Waals surface area contributed by atoms with Crippen LogP contribution in [-0.4, -0.2) is 46.6 Å². The number of aliphatic carboxylic acids is 1. The van der Waals surface area contributed by atoms with Gasteiger partial charge in [0.1, 0.15) is 18.3 Å². The number of rotatable bonds is 7. The summed E-state index contributed by atoms with van der Waals surface area (Å²) in [5.74, 6) is -0.662. The van der Waals surface area contributed by atoms with Crippen LogP contribution < -0.4 is 14.2 Å². The van der Waals surface area contributed by atoms with Crippen molar-refractivity contribution in [3.05, 3.63) is 35.4 Å². The molecule has 3 rings (SSSR count). The van der Waals surface area contributed by atoms with E-state index in [-0.39, 0.29) is 29.8 Å². The molecule has 1 aliphatic rings. The molecular formula is C19H20O9. The molecule has 1 heterocycles. The van der Waals surface area contributed by atoms with Gasteiger partial charge in [0.25, 0.3) is 0 Å². The molecule has 2 aromatic rings. The quantitative estimate of drug-likeness (QED) is 0.413. The number of aliphatic hydroxyl groups excluding tert-OH is 1. The largest absolute Gasteiger partial charge is 0.504 e. The van der Waals surface area contributed by atoms with Crippen LogP contribution in [0.4, 0.5) is 0 Å². The van der Waals surface area contributed by atoms with Gasteiger partial charge in [-0.3, -0.25) is 0 Å². The summed E-state index contributed by atoms with van der Waals surface area (Å²) in [4.78, 5) is 10.7. The van der Waals surface area contributed by atoms with Gasteiger partial charge in [0, 0.05) is 28.7 Å². The lowest BCUT2D eigenvalue weighted by Crippen LogP contribution is -2.24. The van der Waals surface area contributed by atoms with E-state index >= 15 is 0 Å². The molecule has 0 aliphatic carbocycles. The number of carboxylic acid groups (broad SMARTS) is 1. The lowest BCUT2D eigenvalue weighted by Gasteiger charge is -2.35. The van der Waals surface area contributed by atoms with Crippen LogP contribution in [0.2, 0.25) is 0 Å². The molecule has 0 saturated heterocycles. The molecule has 2 aromatic carbocycles. The molecule has 0 unspecified atom stereocenters. The average molecular weight is 392 g/mol. The molecule has 0 radical (unpaired) electrons. The molecule has 9 heteroatoms. The third kappa shape index (κ3) is 3.62. The van der Waals surface area contributed by atoms with Gasteiger partial charge in [-0.15, -0.1) is 0 Å². The van der Waals surface area contributed by atoms with Crippen LogP contribution in [0.15, 0.2) is 24.3 Å². The molecule has 0 bridgehead atoms. The second-order valence-corrected chi connectivity index (χ2v) is 6.64. The average Bonchev–Trinajstić information content (AvgIpc) is 2.62. The predicted octanol–water partition coefficient (Wildman–Crippen LogP) is 2.30. The highest BCUT2D eigenvalue weighted by molar-refractivity contribution is 5.69. The number of fused-ring (bicyclic) bond motifs is 2. The van der Waals surface area contributed by atoms with E-state index in [1.165, 1.54) is 24.3 Å². The monoisotopic (exact) mass is 392 g/mol. The molecule has 150 valence electrons. The van der Waals surface area contributed by atoms with Crippen LogP contribution in [0.5, 0.6) is 34.5 Å². The summed E-state index contributed by atoms with van der Waals surface area (Å²) in [7, 11) is 0. The minimum Gasteiger partial charge on any atom is -0.504 e. The van der Waals surface area contributed by atoms with Gasteiger partial charge in [0.15, 0.2) is 36.4 Å².